The Morgan fingerprint density at radius 3 is 1.78 bits per heavy atom. The molecule has 0 aliphatic rings. The normalized spacial score (nSPS) is 14.5. The van der Waals surface area contributed by atoms with Crippen LogP contribution in [0.15, 0.2) is 24.3 Å². The first kappa shape index (κ1) is 37.5. The van der Waals surface area contributed by atoms with Gasteiger partial charge in [0.15, 0.2) is 40.4 Å². The van der Waals surface area contributed by atoms with Crippen LogP contribution in [-0.4, -0.2) is 60.6 Å². The molecule has 4 rings (SSSR count). The van der Waals surface area contributed by atoms with E-state index >= 15 is 8.78 Å². The summed E-state index contributed by atoms with van der Waals surface area (Å²) in [5.74, 6) is -6.39. The lowest BCUT2D eigenvalue weighted by molar-refractivity contribution is -0.144. The maximum atomic E-state index is 15.8. The predicted octanol–water partition coefficient (Wildman–Crippen LogP) is 7.80. The summed E-state index contributed by atoms with van der Waals surface area (Å²) in [6, 6.07) is 6.19. The van der Waals surface area contributed by atoms with Gasteiger partial charge in [-0.05, 0) is 45.2 Å². The molecule has 0 saturated heterocycles. The Morgan fingerprint density at radius 2 is 1.31 bits per heavy atom. The highest BCUT2D eigenvalue weighted by Gasteiger charge is 2.27. The molecule has 0 fully saturated rings. The summed E-state index contributed by atoms with van der Waals surface area (Å²) >= 11 is 2.29. The maximum Gasteiger partial charge on any atom is 0.306 e. The molecule has 0 bridgehead atoms. The van der Waals surface area contributed by atoms with Crippen LogP contribution in [0.3, 0.4) is 0 Å². The number of aliphatic carboxylic acids is 2. The summed E-state index contributed by atoms with van der Waals surface area (Å²) in [4.78, 5) is 47.7. The quantitative estimate of drug-likeness (QED) is 0.0771. The number of ketones is 1. The standard InChI is InChI=1S/C35H38F2O10S2/c1-16(34(40)41)9-24(39)29-12-23-28(49-29)14-26(45-6)33(31(23)37)47-18(3)8-7-17(2)46-32-25(44-5)13-27-22(30(32)36)11-21(48-27)10-20(15-38)19(4)35(42)43/h11-20H,7-10H2,1-6H3,(H,40,41)(H,42,43)/t16-,17?,18?,19-,20?/m0/s1. The number of halogens is 2. The first-order chi connectivity index (χ1) is 23.2. The number of rotatable bonds is 18. The maximum absolute atomic E-state index is 15.8. The minimum absolute atomic E-state index is 0.0926. The number of thiophene rings is 2. The molecule has 5 atom stereocenters. The van der Waals surface area contributed by atoms with Crippen molar-refractivity contribution in [3.8, 4) is 23.0 Å². The van der Waals surface area contributed by atoms with Gasteiger partial charge in [0.05, 0.1) is 43.1 Å². The molecule has 3 unspecified atom stereocenters. The summed E-state index contributed by atoms with van der Waals surface area (Å²) in [6.07, 6.45) is 0.261. The van der Waals surface area contributed by atoms with Gasteiger partial charge in [-0.3, -0.25) is 14.4 Å². The number of hydrogen-bond acceptors (Lipinski definition) is 10. The fourth-order valence-corrected chi connectivity index (χ4v) is 7.42. The van der Waals surface area contributed by atoms with Gasteiger partial charge in [-0.25, -0.2) is 8.78 Å². The number of Topliss-reactive ketones (excluding diaryl/α,β-unsaturated/α-hetero) is 1. The van der Waals surface area contributed by atoms with Gasteiger partial charge in [0.2, 0.25) is 0 Å². The second-order valence-corrected chi connectivity index (χ2v) is 14.3. The van der Waals surface area contributed by atoms with E-state index in [1.54, 1.807) is 32.0 Å². The number of carboxylic acid groups (broad SMARTS) is 2. The highest BCUT2D eigenvalue weighted by Crippen LogP contribution is 2.43. The molecule has 14 heteroatoms. The number of carbonyl (C=O) groups excluding carboxylic acids is 2. The SMILES string of the molecule is COc1cc2sc(CC(C=O)[C@H](C)C(=O)O)cc2c(F)c1OC(C)CCC(C)Oc1c(OC)cc2sc(C(=O)C[C@H](C)C(=O)O)cc2c1F. The predicted molar refractivity (Wildman–Crippen MR) is 182 cm³/mol. The van der Waals surface area contributed by atoms with Gasteiger partial charge in [0.1, 0.15) is 6.29 Å². The van der Waals surface area contributed by atoms with Crippen LogP contribution in [0.4, 0.5) is 8.78 Å². The van der Waals surface area contributed by atoms with Crippen molar-refractivity contribution in [2.75, 3.05) is 14.2 Å². The second-order valence-electron chi connectivity index (χ2n) is 12.0. The van der Waals surface area contributed by atoms with E-state index in [0.29, 0.717) is 33.4 Å². The third-order valence-corrected chi connectivity index (χ3v) is 10.5. The Hall–Kier alpha value is -4.30. The average molecular weight is 721 g/mol. The van der Waals surface area contributed by atoms with Crippen molar-refractivity contribution in [2.45, 2.75) is 65.6 Å². The number of aldehydes is 1. The molecular formula is C35H38F2O10S2. The van der Waals surface area contributed by atoms with Gasteiger partial charge in [0, 0.05) is 49.5 Å². The van der Waals surface area contributed by atoms with Crippen LogP contribution in [0.1, 0.15) is 61.5 Å². The van der Waals surface area contributed by atoms with Crippen LogP contribution in [-0.2, 0) is 20.8 Å². The number of hydrogen-bond donors (Lipinski definition) is 2. The largest absolute Gasteiger partial charge is 0.493 e. The molecule has 0 spiro atoms. The van der Waals surface area contributed by atoms with Gasteiger partial charge in [0.25, 0.3) is 0 Å². The van der Waals surface area contributed by atoms with E-state index < -0.39 is 59.3 Å². The number of fused-ring (bicyclic) bond motifs is 2. The number of ether oxygens (including phenoxy) is 4. The van der Waals surface area contributed by atoms with E-state index in [1.807, 2.05) is 0 Å². The number of carboxylic acids is 2. The molecule has 2 heterocycles. The summed E-state index contributed by atoms with van der Waals surface area (Å²) in [5.41, 5.74) is 0. The van der Waals surface area contributed by atoms with Crippen molar-refractivity contribution in [1.29, 1.82) is 0 Å². The van der Waals surface area contributed by atoms with Crippen LogP contribution in [0.25, 0.3) is 20.2 Å². The molecule has 2 aromatic carbocycles. The minimum atomic E-state index is -1.09. The van der Waals surface area contributed by atoms with Crippen molar-refractivity contribution < 1.29 is 57.1 Å². The van der Waals surface area contributed by atoms with E-state index in [2.05, 4.69) is 0 Å². The minimum Gasteiger partial charge on any atom is -0.493 e. The molecule has 0 saturated carbocycles. The van der Waals surface area contributed by atoms with Crippen LogP contribution in [0.5, 0.6) is 23.0 Å². The molecule has 0 amide bonds. The van der Waals surface area contributed by atoms with Crippen LogP contribution < -0.4 is 18.9 Å². The zero-order valence-electron chi connectivity index (χ0n) is 27.8. The van der Waals surface area contributed by atoms with Crippen molar-refractivity contribution >= 4 is 66.9 Å². The smallest absolute Gasteiger partial charge is 0.306 e. The fourth-order valence-electron chi connectivity index (χ4n) is 5.23. The molecule has 10 nitrogen and oxygen atoms in total. The van der Waals surface area contributed by atoms with Gasteiger partial charge in [-0.2, -0.15) is 0 Å². The van der Waals surface area contributed by atoms with Gasteiger partial charge < -0.3 is 34.0 Å². The Morgan fingerprint density at radius 1 is 0.796 bits per heavy atom. The van der Waals surface area contributed by atoms with E-state index in [9.17, 15) is 24.3 Å². The van der Waals surface area contributed by atoms with Crippen molar-refractivity contribution in [3.63, 3.8) is 0 Å². The molecule has 0 aliphatic carbocycles. The number of methoxy groups -OCH3 is 2. The summed E-state index contributed by atoms with van der Waals surface area (Å²) in [7, 11) is 2.76. The monoisotopic (exact) mass is 720 g/mol. The van der Waals surface area contributed by atoms with Gasteiger partial charge in [-0.1, -0.05) is 13.8 Å². The topological polar surface area (TPSA) is 146 Å². The van der Waals surface area contributed by atoms with E-state index in [0.717, 1.165) is 11.3 Å². The summed E-state index contributed by atoms with van der Waals surface area (Å²) in [5, 5.41) is 18.9. The third-order valence-electron chi connectivity index (χ3n) is 8.31. The zero-order valence-corrected chi connectivity index (χ0v) is 29.5. The highest BCUT2D eigenvalue weighted by molar-refractivity contribution is 7.21. The van der Waals surface area contributed by atoms with Crippen LogP contribution in [0.2, 0.25) is 0 Å². The molecule has 0 aliphatic heterocycles. The zero-order chi connectivity index (χ0) is 36.2. The lowest BCUT2D eigenvalue weighted by Crippen LogP contribution is -2.23. The fraction of sp³-hybridized carbons (Fsp3) is 0.429. The Labute approximate surface area is 289 Å². The Bertz CT molecular complexity index is 1870. The van der Waals surface area contributed by atoms with E-state index in [1.165, 1.54) is 45.5 Å². The number of benzene rings is 2. The second kappa shape index (κ2) is 15.9. The third kappa shape index (κ3) is 8.47. The molecule has 2 N–H and O–H groups in total. The van der Waals surface area contributed by atoms with Crippen LogP contribution in [0, 0.1) is 29.4 Å². The van der Waals surface area contributed by atoms with Crippen molar-refractivity contribution in [3.05, 3.63) is 45.7 Å². The van der Waals surface area contributed by atoms with Crippen LogP contribution >= 0.6 is 22.7 Å². The summed E-state index contributed by atoms with van der Waals surface area (Å²) in [6.45, 7) is 6.38. The first-order valence-electron chi connectivity index (χ1n) is 15.5. The molecule has 0 radical (unpaired) electrons. The number of carbonyl (C=O) groups is 4. The summed E-state index contributed by atoms with van der Waals surface area (Å²) < 4.78 is 55.3. The lowest BCUT2D eigenvalue weighted by atomic mass is 9.92. The molecule has 4 aromatic rings. The Balaban J connectivity index is 1.46. The van der Waals surface area contributed by atoms with Gasteiger partial charge in [-0.15, -0.1) is 22.7 Å². The van der Waals surface area contributed by atoms with E-state index in [4.69, 9.17) is 24.1 Å². The van der Waals surface area contributed by atoms with Crippen molar-refractivity contribution in [2.24, 2.45) is 17.8 Å². The highest BCUT2D eigenvalue weighted by atomic mass is 32.1. The Kier molecular flexibility index (Phi) is 12.2. The molecular weight excluding hydrogens is 683 g/mol. The van der Waals surface area contributed by atoms with E-state index in [-0.39, 0.29) is 51.5 Å². The van der Waals surface area contributed by atoms with Crippen molar-refractivity contribution in [1.82, 2.24) is 0 Å². The molecule has 49 heavy (non-hydrogen) atoms. The average Bonchev–Trinajstić information content (AvgIpc) is 3.69. The molecule has 264 valence electrons. The molecule has 2 aromatic heterocycles. The van der Waals surface area contributed by atoms with Gasteiger partial charge >= 0.3 is 11.9 Å². The first-order valence-corrected chi connectivity index (χ1v) is 17.2. The lowest BCUT2D eigenvalue weighted by Gasteiger charge is -2.21.